The van der Waals surface area contributed by atoms with Crippen LogP contribution in [0.2, 0.25) is 0 Å². The minimum Gasteiger partial charge on any atom is -0.497 e. The molecule has 3 aromatic carbocycles. The Morgan fingerprint density at radius 2 is 1.77 bits per heavy atom. The van der Waals surface area contributed by atoms with E-state index in [4.69, 9.17) is 23.4 Å². The van der Waals surface area contributed by atoms with Gasteiger partial charge < -0.3 is 23.4 Å². The number of hydrogen-bond donors (Lipinski definition) is 0. The molecule has 3 heterocycles. The van der Waals surface area contributed by atoms with Crippen molar-refractivity contribution in [3.8, 4) is 17.2 Å². The van der Waals surface area contributed by atoms with Gasteiger partial charge >= 0.3 is 11.9 Å². The fourth-order valence-corrected chi connectivity index (χ4v) is 4.85. The maximum Gasteiger partial charge on any atom is 0.337 e. The highest BCUT2D eigenvalue weighted by Gasteiger charge is 2.39. The van der Waals surface area contributed by atoms with E-state index in [1.165, 1.54) is 32.6 Å². The van der Waals surface area contributed by atoms with E-state index in [1.807, 2.05) is 0 Å². The molecule has 1 aromatic heterocycles. The Hall–Kier alpha value is -5.18. The van der Waals surface area contributed by atoms with Gasteiger partial charge in [0.25, 0.3) is 0 Å². The second-order valence-electron chi connectivity index (χ2n) is 9.02. The maximum atomic E-state index is 13.6. The van der Waals surface area contributed by atoms with Crippen molar-refractivity contribution in [2.75, 3.05) is 14.2 Å². The van der Waals surface area contributed by atoms with E-state index < -0.39 is 17.9 Å². The molecule has 4 aromatic rings. The molecule has 0 spiro atoms. The Morgan fingerprint density at radius 1 is 0.974 bits per heavy atom. The molecule has 0 saturated heterocycles. The molecule has 0 amide bonds. The highest BCUT2D eigenvalue weighted by Crippen LogP contribution is 2.48. The van der Waals surface area contributed by atoms with Crippen LogP contribution in [0.5, 0.6) is 17.2 Å². The molecule has 1 unspecified atom stereocenters. The lowest BCUT2D eigenvalue weighted by Crippen LogP contribution is -2.25. The van der Waals surface area contributed by atoms with E-state index in [0.29, 0.717) is 33.4 Å². The van der Waals surface area contributed by atoms with Crippen molar-refractivity contribution in [1.82, 2.24) is 0 Å². The number of allylic oxidation sites excluding steroid dienone is 1. The average Bonchev–Trinajstić information content (AvgIpc) is 3.27. The number of ketones is 1. The first-order valence-electron chi connectivity index (χ1n) is 12.0. The first kappa shape index (κ1) is 24.2. The minimum absolute atomic E-state index is 0.0511. The molecule has 2 aliphatic heterocycles. The zero-order valence-corrected chi connectivity index (χ0v) is 20.8. The summed E-state index contributed by atoms with van der Waals surface area (Å²) < 4.78 is 27.2. The zero-order chi connectivity index (χ0) is 27.3. The fraction of sp³-hybridized carbons (Fsp3) is 0.133. The number of carbonyl (C=O) groups excluding carboxylic acids is 3. The van der Waals surface area contributed by atoms with Crippen molar-refractivity contribution in [3.63, 3.8) is 0 Å². The molecular formula is C30H20O9. The van der Waals surface area contributed by atoms with E-state index >= 15 is 0 Å². The lowest BCUT2D eigenvalue weighted by molar-refractivity contribution is -0.135. The molecule has 9 heteroatoms. The number of ether oxygens (including phenoxy) is 4. The third-order valence-corrected chi connectivity index (χ3v) is 6.79. The predicted octanol–water partition coefficient (Wildman–Crippen LogP) is 4.65. The summed E-state index contributed by atoms with van der Waals surface area (Å²) in [6.45, 7) is 0. The Balaban J connectivity index is 1.44. The van der Waals surface area contributed by atoms with Crippen LogP contribution in [0.3, 0.4) is 0 Å². The highest BCUT2D eigenvalue weighted by atomic mass is 16.5. The smallest absolute Gasteiger partial charge is 0.337 e. The minimum atomic E-state index is -0.769. The Bertz CT molecular complexity index is 1780. The monoisotopic (exact) mass is 524 g/mol. The number of hydrogen-bond acceptors (Lipinski definition) is 9. The quantitative estimate of drug-likeness (QED) is 0.214. The third kappa shape index (κ3) is 4.04. The number of rotatable bonds is 4. The van der Waals surface area contributed by atoms with Crippen LogP contribution in [0, 0.1) is 0 Å². The highest BCUT2D eigenvalue weighted by molar-refractivity contribution is 6.15. The Morgan fingerprint density at radius 3 is 2.51 bits per heavy atom. The van der Waals surface area contributed by atoms with E-state index in [9.17, 15) is 19.2 Å². The van der Waals surface area contributed by atoms with E-state index in [0.717, 1.165) is 0 Å². The zero-order valence-electron chi connectivity index (χ0n) is 20.8. The number of carbonyl (C=O) groups is 3. The van der Waals surface area contributed by atoms with Gasteiger partial charge in [-0.15, -0.1) is 0 Å². The van der Waals surface area contributed by atoms with Gasteiger partial charge in [0, 0.05) is 17.0 Å². The Kier molecular flexibility index (Phi) is 5.76. The van der Waals surface area contributed by atoms with Gasteiger partial charge in [0.1, 0.15) is 22.8 Å². The first-order valence-corrected chi connectivity index (χ1v) is 12.0. The Labute approximate surface area is 221 Å². The van der Waals surface area contributed by atoms with Gasteiger partial charge in [0.15, 0.2) is 11.2 Å². The topological polar surface area (TPSA) is 118 Å². The summed E-state index contributed by atoms with van der Waals surface area (Å²) in [5.74, 6) is -1.17. The molecule has 39 heavy (non-hydrogen) atoms. The van der Waals surface area contributed by atoms with Gasteiger partial charge in [0.05, 0.1) is 43.4 Å². The molecule has 0 N–H and O–H groups in total. The van der Waals surface area contributed by atoms with Crippen molar-refractivity contribution < 1.29 is 37.7 Å². The summed E-state index contributed by atoms with van der Waals surface area (Å²) in [7, 11) is 2.79. The maximum absolute atomic E-state index is 13.6. The van der Waals surface area contributed by atoms with Gasteiger partial charge in [-0.25, -0.2) is 4.79 Å². The van der Waals surface area contributed by atoms with Gasteiger partial charge in [-0.05, 0) is 54.1 Å². The van der Waals surface area contributed by atoms with Crippen LogP contribution in [0.25, 0.3) is 17.0 Å². The van der Waals surface area contributed by atoms with Crippen LogP contribution in [-0.2, 0) is 9.53 Å². The van der Waals surface area contributed by atoms with Crippen LogP contribution < -0.4 is 19.6 Å². The summed E-state index contributed by atoms with van der Waals surface area (Å²) in [4.78, 5) is 51.1. The molecule has 194 valence electrons. The number of esters is 2. The molecule has 6 rings (SSSR count). The lowest BCUT2D eigenvalue weighted by atomic mass is 9.85. The van der Waals surface area contributed by atoms with Crippen molar-refractivity contribution in [1.29, 1.82) is 0 Å². The van der Waals surface area contributed by atoms with E-state index in [2.05, 4.69) is 0 Å². The molecule has 0 fully saturated rings. The van der Waals surface area contributed by atoms with Crippen LogP contribution in [0.15, 0.2) is 75.8 Å². The van der Waals surface area contributed by atoms with Crippen LogP contribution in [-0.4, -0.2) is 31.9 Å². The molecular weight excluding hydrogens is 504 g/mol. The standard InChI is InChI=1S/C30H20O9/c1-35-17-7-9-22-20(12-17)27(32)21(14-37-22)19-13-25(31)38-23-10-8-18-28(33)24(39-29(18)26(19)23)11-15-3-5-16(6-4-15)30(34)36-2/h3-12,14,19H,13H2,1-2H3. The summed E-state index contributed by atoms with van der Waals surface area (Å²) >= 11 is 0. The number of benzene rings is 3. The first-order chi connectivity index (χ1) is 18.9. The van der Waals surface area contributed by atoms with Crippen LogP contribution in [0.1, 0.15) is 49.7 Å². The van der Waals surface area contributed by atoms with Crippen molar-refractivity contribution >= 4 is 34.8 Å². The predicted molar refractivity (Wildman–Crippen MR) is 138 cm³/mol. The SMILES string of the molecule is COC(=O)c1ccc(C=C2Oc3c(ccc4c3C(c3coc5ccc(OC)cc5c3=O)CC(=O)O4)C2=O)cc1. The number of Topliss-reactive ketones (excluding diaryl/α,β-unsaturated/α-hetero) is 1. The van der Waals surface area contributed by atoms with Crippen molar-refractivity contribution in [2.45, 2.75) is 12.3 Å². The second kappa shape index (κ2) is 9.29. The molecule has 2 aliphatic rings. The molecule has 0 aliphatic carbocycles. The van der Waals surface area contributed by atoms with Crippen LogP contribution in [0.4, 0.5) is 0 Å². The summed E-state index contributed by atoms with van der Waals surface area (Å²) in [6, 6.07) is 14.4. The van der Waals surface area contributed by atoms with Crippen molar-refractivity contribution in [2.24, 2.45) is 0 Å². The summed E-state index contributed by atoms with van der Waals surface area (Å²) in [5, 5.41) is 0.299. The molecule has 0 saturated carbocycles. The largest absolute Gasteiger partial charge is 0.497 e. The normalized spacial score (nSPS) is 16.9. The molecule has 0 radical (unpaired) electrons. The fourth-order valence-electron chi connectivity index (χ4n) is 4.85. The number of methoxy groups -OCH3 is 2. The van der Waals surface area contributed by atoms with Gasteiger partial charge in [-0.3, -0.25) is 14.4 Å². The number of fused-ring (bicyclic) bond motifs is 4. The lowest BCUT2D eigenvalue weighted by Gasteiger charge is -2.25. The molecule has 1 atom stereocenters. The average molecular weight is 524 g/mol. The van der Waals surface area contributed by atoms with Gasteiger partial charge in [-0.1, -0.05) is 12.1 Å². The third-order valence-electron chi connectivity index (χ3n) is 6.79. The van der Waals surface area contributed by atoms with Crippen molar-refractivity contribution in [3.05, 3.63) is 105 Å². The van der Waals surface area contributed by atoms with Gasteiger partial charge in [-0.2, -0.15) is 0 Å². The van der Waals surface area contributed by atoms with E-state index in [-0.39, 0.29) is 46.0 Å². The van der Waals surface area contributed by atoms with Crippen LogP contribution >= 0.6 is 0 Å². The molecule has 9 nitrogen and oxygen atoms in total. The molecule has 0 bridgehead atoms. The van der Waals surface area contributed by atoms with E-state index in [1.54, 1.807) is 48.5 Å². The summed E-state index contributed by atoms with van der Waals surface area (Å²) in [5.41, 5.74) is 1.96. The van der Waals surface area contributed by atoms with Gasteiger partial charge in [0.2, 0.25) is 5.78 Å². The summed E-state index contributed by atoms with van der Waals surface area (Å²) in [6.07, 6.45) is 2.74. The second-order valence-corrected chi connectivity index (χ2v) is 9.02.